The van der Waals surface area contributed by atoms with E-state index >= 15 is 0 Å². The van der Waals surface area contributed by atoms with E-state index in [0.29, 0.717) is 10.7 Å². The van der Waals surface area contributed by atoms with E-state index in [4.69, 9.17) is 35.4 Å². The van der Waals surface area contributed by atoms with Gasteiger partial charge in [0.05, 0.1) is 15.5 Å². The van der Waals surface area contributed by atoms with E-state index in [0.717, 1.165) is 0 Å². The van der Waals surface area contributed by atoms with E-state index in [-0.39, 0.29) is 25.7 Å². The number of sulfonamides is 1. The quantitative estimate of drug-likeness (QED) is 0.462. The minimum Gasteiger partial charge on any atom is -0.332 e. The van der Waals surface area contributed by atoms with E-state index in [1.165, 1.54) is 60.0 Å². The van der Waals surface area contributed by atoms with E-state index < -0.39 is 15.9 Å². The number of aromatic nitrogens is 1. The second-order valence-electron chi connectivity index (χ2n) is 5.50. The molecule has 1 aromatic heterocycles. The van der Waals surface area contributed by atoms with Crippen LogP contribution in [-0.2, 0) is 10.0 Å². The van der Waals surface area contributed by atoms with E-state index in [1.807, 2.05) is 0 Å². The van der Waals surface area contributed by atoms with Crippen LogP contribution in [0, 0.1) is 0 Å². The molecule has 0 bridgehead atoms. The van der Waals surface area contributed by atoms with Gasteiger partial charge in [0.1, 0.15) is 0 Å². The summed E-state index contributed by atoms with van der Waals surface area (Å²) >= 11 is 18.1. The summed E-state index contributed by atoms with van der Waals surface area (Å²) in [5.74, 6) is -0.504. The monoisotopic (exact) mass is 486 g/mol. The van der Waals surface area contributed by atoms with Crippen molar-refractivity contribution in [3.63, 3.8) is 0 Å². The standard InChI is InChI=1S/C17H12Cl2N4O3S3/c18-10-1-6-13(14(19)9-10)15(24)22-16(27)21-11-2-4-12(5-3-11)29(25,26)23-17-20-7-8-28-17/h1-9H,(H,20,23)(H2,21,22,24,27). The molecular formula is C17H12Cl2N4O3S3. The predicted octanol–water partition coefficient (Wildman–Crippen LogP) is 4.38. The Morgan fingerprint density at radius 3 is 2.45 bits per heavy atom. The Morgan fingerprint density at radius 2 is 1.83 bits per heavy atom. The topological polar surface area (TPSA) is 100 Å². The van der Waals surface area contributed by atoms with Crippen molar-refractivity contribution in [1.29, 1.82) is 0 Å². The normalized spacial score (nSPS) is 11.0. The third-order valence-corrected chi connectivity index (χ3v) is 6.40. The van der Waals surface area contributed by atoms with Crippen molar-refractivity contribution in [1.82, 2.24) is 10.3 Å². The van der Waals surface area contributed by atoms with Gasteiger partial charge in [-0.3, -0.25) is 14.8 Å². The van der Waals surface area contributed by atoms with Crippen molar-refractivity contribution in [3.8, 4) is 0 Å². The number of rotatable bonds is 5. The first-order chi connectivity index (χ1) is 13.7. The van der Waals surface area contributed by atoms with Crippen LogP contribution in [0.4, 0.5) is 10.8 Å². The van der Waals surface area contributed by atoms with Crippen molar-refractivity contribution in [2.45, 2.75) is 4.90 Å². The number of hydrogen-bond acceptors (Lipinski definition) is 6. The van der Waals surface area contributed by atoms with Gasteiger partial charge in [-0.2, -0.15) is 0 Å². The smallest absolute Gasteiger partial charge is 0.263 e. The van der Waals surface area contributed by atoms with Crippen LogP contribution < -0.4 is 15.4 Å². The van der Waals surface area contributed by atoms with Gasteiger partial charge in [0.15, 0.2) is 10.2 Å². The van der Waals surface area contributed by atoms with Crippen LogP contribution in [-0.4, -0.2) is 24.4 Å². The Bertz CT molecular complexity index is 1150. The summed E-state index contributed by atoms with van der Waals surface area (Å²) in [4.78, 5) is 16.2. The lowest BCUT2D eigenvalue weighted by Gasteiger charge is -2.11. The number of thiazole rings is 1. The zero-order chi connectivity index (χ0) is 21.0. The first-order valence-corrected chi connectivity index (χ1v) is 11.4. The number of carbonyl (C=O) groups excluding carboxylic acids is 1. The molecule has 12 heteroatoms. The Hall–Kier alpha value is -2.24. The Balaban J connectivity index is 1.63. The van der Waals surface area contributed by atoms with Crippen molar-refractivity contribution < 1.29 is 13.2 Å². The minimum absolute atomic E-state index is 0.0255. The van der Waals surface area contributed by atoms with Gasteiger partial charge in [0.2, 0.25) is 0 Å². The number of benzene rings is 2. The molecule has 3 N–H and O–H groups in total. The van der Waals surface area contributed by atoms with Gasteiger partial charge >= 0.3 is 0 Å². The molecule has 0 radical (unpaired) electrons. The summed E-state index contributed by atoms with van der Waals surface area (Å²) in [6.07, 6.45) is 1.50. The molecule has 0 aliphatic carbocycles. The van der Waals surface area contributed by atoms with Gasteiger partial charge in [-0.15, -0.1) is 11.3 Å². The fraction of sp³-hybridized carbons (Fsp3) is 0. The fourth-order valence-electron chi connectivity index (χ4n) is 2.17. The van der Waals surface area contributed by atoms with Crippen LogP contribution in [0.3, 0.4) is 0 Å². The van der Waals surface area contributed by atoms with Crippen LogP contribution in [0.2, 0.25) is 10.0 Å². The molecule has 1 amide bonds. The molecule has 0 saturated carbocycles. The molecule has 1 heterocycles. The van der Waals surface area contributed by atoms with Gasteiger partial charge < -0.3 is 5.32 Å². The van der Waals surface area contributed by atoms with E-state index in [1.54, 1.807) is 5.38 Å². The third kappa shape index (κ3) is 5.64. The molecule has 150 valence electrons. The lowest BCUT2D eigenvalue weighted by molar-refractivity contribution is 0.0978. The van der Waals surface area contributed by atoms with Crippen LogP contribution in [0.25, 0.3) is 0 Å². The van der Waals surface area contributed by atoms with Crippen LogP contribution in [0.1, 0.15) is 10.4 Å². The second kappa shape index (κ2) is 9.06. The molecule has 29 heavy (non-hydrogen) atoms. The van der Waals surface area contributed by atoms with E-state index in [2.05, 4.69) is 20.3 Å². The average Bonchev–Trinajstić information content (AvgIpc) is 3.14. The molecule has 3 aromatic rings. The molecule has 0 fully saturated rings. The second-order valence-corrected chi connectivity index (χ2v) is 9.33. The third-order valence-electron chi connectivity index (χ3n) is 3.48. The Kier molecular flexibility index (Phi) is 6.70. The summed E-state index contributed by atoms with van der Waals surface area (Å²) in [7, 11) is -3.75. The number of amides is 1. The zero-order valence-electron chi connectivity index (χ0n) is 14.3. The first kappa shape index (κ1) is 21.5. The van der Waals surface area contributed by atoms with Gasteiger partial charge in [0, 0.05) is 22.3 Å². The number of halogens is 2. The van der Waals surface area contributed by atoms with Gasteiger partial charge in [-0.05, 0) is 54.7 Å². The maximum atomic E-state index is 12.3. The van der Waals surface area contributed by atoms with Crippen LogP contribution in [0.15, 0.2) is 58.9 Å². The van der Waals surface area contributed by atoms with E-state index in [9.17, 15) is 13.2 Å². The number of thiocarbonyl (C=S) groups is 1. The molecule has 0 aliphatic heterocycles. The minimum atomic E-state index is -3.75. The summed E-state index contributed by atoms with van der Waals surface area (Å²) in [5, 5.41) is 7.87. The predicted molar refractivity (Wildman–Crippen MR) is 120 cm³/mol. The first-order valence-electron chi connectivity index (χ1n) is 7.84. The van der Waals surface area contributed by atoms with Gasteiger partial charge in [0.25, 0.3) is 15.9 Å². The molecule has 2 aromatic carbocycles. The number of hydrogen-bond donors (Lipinski definition) is 3. The summed E-state index contributed by atoms with van der Waals surface area (Å²) in [5.41, 5.74) is 0.709. The Labute approximate surface area is 186 Å². The van der Waals surface area contributed by atoms with Crippen molar-refractivity contribution >= 4 is 78.6 Å². The number of carbonyl (C=O) groups is 1. The molecule has 0 atom stereocenters. The van der Waals surface area contributed by atoms with Gasteiger partial charge in [-0.25, -0.2) is 13.4 Å². The van der Waals surface area contributed by atoms with Gasteiger partial charge in [-0.1, -0.05) is 23.2 Å². The largest absolute Gasteiger partial charge is 0.332 e. The fourth-order valence-corrected chi connectivity index (χ4v) is 4.67. The van der Waals surface area contributed by atoms with Crippen LogP contribution in [0.5, 0.6) is 0 Å². The van der Waals surface area contributed by atoms with Crippen molar-refractivity contribution in [2.75, 3.05) is 10.0 Å². The summed E-state index contributed by atoms with van der Waals surface area (Å²) < 4.78 is 27.0. The molecule has 0 spiro atoms. The number of anilines is 2. The highest BCUT2D eigenvalue weighted by molar-refractivity contribution is 7.93. The molecule has 0 saturated heterocycles. The lowest BCUT2D eigenvalue weighted by atomic mass is 10.2. The molecular weight excluding hydrogens is 475 g/mol. The SMILES string of the molecule is O=C(NC(=S)Nc1ccc(S(=O)(=O)Nc2nccs2)cc1)c1ccc(Cl)cc1Cl. The number of nitrogens with zero attached hydrogens (tertiary/aromatic N) is 1. The van der Waals surface area contributed by atoms with Crippen LogP contribution >= 0.6 is 46.8 Å². The maximum Gasteiger partial charge on any atom is 0.263 e. The Morgan fingerprint density at radius 1 is 1.10 bits per heavy atom. The molecule has 0 aliphatic rings. The van der Waals surface area contributed by atoms with Crippen molar-refractivity contribution in [2.24, 2.45) is 0 Å². The molecule has 0 unspecified atom stereocenters. The van der Waals surface area contributed by atoms with Crippen molar-refractivity contribution in [3.05, 3.63) is 69.7 Å². The highest BCUT2D eigenvalue weighted by Crippen LogP contribution is 2.21. The highest BCUT2D eigenvalue weighted by atomic mass is 35.5. The zero-order valence-corrected chi connectivity index (χ0v) is 18.3. The highest BCUT2D eigenvalue weighted by Gasteiger charge is 2.16. The maximum absolute atomic E-state index is 12.3. The molecule has 7 nitrogen and oxygen atoms in total. The summed E-state index contributed by atoms with van der Waals surface area (Å²) in [6, 6.07) is 10.3. The number of nitrogens with one attached hydrogen (secondary N) is 3. The lowest BCUT2D eigenvalue weighted by Crippen LogP contribution is -2.34. The molecule has 3 rings (SSSR count). The average molecular weight is 487 g/mol. The summed E-state index contributed by atoms with van der Waals surface area (Å²) in [6.45, 7) is 0.